The van der Waals surface area contributed by atoms with Crippen molar-refractivity contribution in [2.75, 3.05) is 10.6 Å². The molecule has 0 radical (unpaired) electrons. The van der Waals surface area contributed by atoms with Crippen LogP contribution in [-0.2, 0) is 4.79 Å². The van der Waals surface area contributed by atoms with Crippen molar-refractivity contribution in [3.63, 3.8) is 0 Å². The molecule has 2 aromatic carbocycles. The van der Waals surface area contributed by atoms with Crippen molar-refractivity contribution >= 4 is 40.9 Å². The number of carbonyl (C=O) groups excluding carboxylic acids is 2. The number of para-hydroxylation sites is 2. The largest absolute Gasteiger partial charge is 0.321 e. The monoisotopic (exact) mass is 377 g/mol. The van der Waals surface area contributed by atoms with Crippen LogP contribution in [0.4, 0.5) is 11.4 Å². The highest BCUT2D eigenvalue weighted by molar-refractivity contribution is 6.30. The summed E-state index contributed by atoms with van der Waals surface area (Å²) in [6.07, 6.45) is 6.14. The summed E-state index contributed by atoms with van der Waals surface area (Å²) in [7, 11) is 0. The molecule has 0 saturated heterocycles. The Labute approximate surface area is 161 Å². The fourth-order valence-electron chi connectivity index (χ4n) is 2.35. The van der Waals surface area contributed by atoms with Gasteiger partial charge in [0.2, 0.25) is 5.91 Å². The number of nitrogens with one attached hydrogen (secondary N) is 2. The molecule has 2 amide bonds. The fraction of sp³-hybridized carbons (Fsp3) is 0. The number of nitrogens with zero attached hydrogens (tertiary/aromatic N) is 1. The van der Waals surface area contributed by atoms with Gasteiger partial charge >= 0.3 is 0 Å². The van der Waals surface area contributed by atoms with Crippen molar-refractivity contribution in [1.82, 2.24) is 4.98 Å². The SMILES string of the molecule is O=C(/C=C/c1cccc(Cl)c1)Nc1ccccc1NC(=O)c1cccnc1. The molecule has 0 fully saturated rings. The van der Waals surface area contributed by atoms with Crippen molar-refractivity contribution < 1.29 is 9.59 Å². The first-order valence-corrected chi connectivity index (χ1v) is 8.55. The normalized spacial score (nSPS) is 10.6. The van der Waals surface area contributed by atoms with Crippen LogP contribution in [0.1, 0.15) is 15.9 Å². The first-order valence-electron chi connectivity index (χ1n) is 8.17. The molecule has 2 N–H and O–H groups in total. The number of amides is 2. The molecule has 134 valence electrons. The van der Waals surface area contributed by atoms with E-state index in [-0.39, 0.29) is 11.8 Å². The highest BCUT2D eigenvalue weighted by Gasteiger charge is 2.10. The Morgan fingerprint density at radius 2 is 1.70 bits per heavy atom. The number of hydrogen-bond acceptors (Lipinski definition) is 3. The maximum atomic E-state index is 12.3. The Balaban J connectivity index is 1.70. The van der Waals surface area contributed by atoms with Crippen molar-refractivity contribution in [2.24, 2.45) is 0 Å². The summed E-state index contributed by atoms with van der Waals surface area (Å²) in [5, 5.41) is 6.14. The summed E-state index contributed by atoms with van der Waals surface area (Å²) in [6, 6.07) is 17.5. The molecule has 1 heterocycles. The minimum atomic E-state index is -0.321. The number of halogens is 1. The third-order valence-corrected chi connectivity index (χ3v) is 3.87. The molecular formula is C21H16ClN3O2. The summed E-state index contributed by atoms with van der Waals surface area (Å²) in [6.45, 7) is 0. The number of benzene rings is 2. The smallest absolute Gasteiger partial charge is 0.257 e. The summed E-state index contributed by atoms with van der Waals surface area (Å²) >= 11 is 5.93. The molecule has 0 atom stereocenters. The van der Waals surface area contributed by atoms with Gasteiger partial charge < -0.3 is 10.6 Å². The molecule has 6 heteroatoms. The van der Waals surface area contributed by atoms with E-state index in [1.807, 2.05) is 12.1 Å². The summed E-state index contributed by atoms with van der Waals surface area (Å²) in [4.78, 5) is 28.5. The standard InChI is InChI=1S/C21H16ClN3O2/c22-17-7-3-5-15(13-17)10-11-20(26)24-18-8-1-2-9-19(18)25-21(27)16-6-4-12-23-14-16/h1-14H,(H,24,26)(H,25,27)/b11-10+. The number of rotatable bonds is 5. The molecule has 0 saturated carbocycles. The maximum absolute atomic E-state index is 12.3. The Morgan fingerprint density at radius 1 is 0.926 bits per heavy atom. The summed E-state index contributed by atoms with van der Waals surface area (Å²) in [5.41, 5.74) is 2.24. The van der Waals surface area contributed by atoms with Crippen LogP contribution in [0.25, 0.3) is 6.08 Å². The molecule has 27 heavy (non-hydrogen) atoms. The minimum absolute atomic E-state index is 0.306. The molecule has 1 aromatic heterocycles. The third-order valence-electron chi connectivity index (χ3n) is 3.63. The molecule has 0 bridgehead atoms. The van der Waals surface area contributed by atoms with E-state index < -0.39 is 0 Å². The first kappa shape index (κ1) is 18.4. The zero-order chi connectivity index (χ0) is 19.1. The van der Waals surface area contributed by atoms with E-state index in [2.05, 4.69) is 15.6 Å². The topological polar surface area (TPSA) is 71.1 Å². The molecule has 0 aliphatic rings. The highest BCUT2D eigenvalue weighted by atomic mass is 35.5. The van der Waals surface area contributed by atoms with Gasteiger partial charge in [0.05, 0.1) is 16.9 Å². The molecule has 3 rings (SSSR count). The lowest BCUT2D eigenvalue weighted by atomic mass is 10.2. The predicted octanol–water partition coefficient (Wildman–Crippen LogP) is 4.64. The van der Waals surface area contributed by atoms with E-state index in [1.54, 1.807) is 60.8 Å². The van der Waals surface area contributed by atoms with Gasteiger partial charge in [0, 0.05) is 23.5 Å². The number of pyridine rings is 1. The van der Waals surface area contributed by atoms with Crippen LogP contribution in [-0.4, -0.2) is 16.8 Å². The van der Waals surface area contributed by atoms with Gasteiger partial charge in [-0.1, -0.05) is 35.9 Å². The maximum Gasteiger partial charge on any atom is 0.257 e. The Hall–Kier alpha value is -3.44. The second kappa shape index (κ2) is 8.78. The van der Waals surface area contributed by atoms with Gasteiger partial charge in [0.1, 0.15) is 0 Å². The lowest BCUT2D eigenvalue weighted by Crippen LogP contribution is -2.15. The van der Waals surface area contributed by atoms with Crippen LogP contribution >= 0.6 is 11.6 Å². The van der Waals surface area contributed by atoms with Gasteiger partial charge in [-0.3, -0.25) is 14.6 Å². The van der Waals surface area contributed by atoms with Crippen LogP contribution in [0, 0.1) is 0 Å². The van der Waals surface area contributed by atoms with Gasteiger partial charge in [-0.05, 0) is 48.0 Å². The lowest BCUT2D eigenvalue weighted by Gasteiger charge is -2.11. The Bertz CT molecular complexity index is 987. The first-order chi connectivity index (χ1) is 13.1. The van der Waals surface area contributed by atoms with Crippen molar-refractivity contribution in [3.05, 3.63) is 95.3 Å². The quantitative estimate of drug-likeness (QED) is 0.636. The van der Waals surface area contributed by atoms with Crippen LogP contribution in [0.2, 0.25) is 5.02 Å². The van der Waals surface area contributed by atoms with Gasteiger partial charge in [-0.25, -0.2) is 0 Å². The molecule has 0 aliphatic carbocycles. The average molecular weight is 378 g/mol. The van der Waals surface area contributed by atoms with Crippen molar-refractivity contribution in [3.8, 4) is 0 Å². The van der Waals surface area contributed by atoms with E-state index in [0.29, 0.717) is 22.0 Å². The van der Waals surface area contributed by atoms with E-state index >= 15 is 0 Å². The number of aromatic nitrogens is 1. The minimum Gasteiger partial charge on any atom is -0.321 e. The molecule has 5 nitrogen and oxygen atoms in total. The van der Waals surface area contributed by atoms with Gasteiger partial charge in [0.25, 0.3) is 5.91 Å². The molecule has 0 aliphatic heterocycles. The van der Waals surface area contributed by atoms with Crippen LogP contribution in [0.15, 0.2) is 79.1 Å². The molecule has 3 aromatic rings. The van der Waals surface area contributed by atoms with Gasteiger partial charge in [-0.2, -0.15) is 0 Å². The van der Waals surface area contributed by atoms with Crippen molar-refractivity contribution in [1.29, 1.82) is 0 Å². The Morgan fingerprint density at radius 3 is 2.41 bits per heavy atom. The highest BCUT2D eigenvalue weighted by Crippen LogP contribution is 2.22. The second-order valence-corrected chi connectivity index (χ2v) is 6.06. The zero-order valence-electron chi connectivity index (χ0n) is 14.2. The van der Waals surface area contributed by atoms with Crippen LogP contribution in [0.5, 0.6) is 0 Å². The predicted molar refractivity (Wildman–Crippen MR) is 108 cm³/mol. The van der Waals surface area contributed by atoms with E-state index in [4.69, 9.17) is 11.6 Å². The van der Waals surface area contributed by atoms with Gasteiger partial charge in [0.15, 0.2) is 0 Å². The van der Waals surface area contributed by atoms with Gasteiger partial charge in [-0.15, -0.1) is 0 Å². The second-order valence-electron chi connectivity index (χ2n) is 5.62. The fourth-order valence-corrected chi connectivity index (χ4v) is 2.55. The number of hydrogen-bond donors (Lipinski definition) is 2. The number of anilines is 2. The summed E-state index contributed by atoms with van der Waals surface area (Å²) < 4.78 is 0. The average Bonchev–Trinajstić information content (AvgIpc) is 2.69. The lowest BCUT2D eigenvalue weighted by molar-refractivity contribution is -0.111. The summed E-state index contributed by atoms with van der Waals surface area (Å²) in [5.74, 6) is -0.627. The van der Waals surface area contributed by atoms with Crippen LogP contribution < -0.4 is 10.6 Å². The number of carbonyl (C=O) groups is 2. The van der Waals surface area contributed by atoms with E-state index in [1.165, 1.54) is 12.3 Å². The molecule has 0 spiro atoms. The van der Waals surface area contributed by atoms with Crippen molar-refractivity contribution in [2.45, 2.75) is 0 Å². The zero-order valence-corrected chi connectivity index (χ0v) is 15.0. The molecular weight excluding hydrogens is 362 g/mol. The van der Waals surface area contributed by atoms with Crippen LogP contribution in [0.3, 0.4) is 0 Å². The third kappa shape index (κ3) is 5.26. The van der Waals surface area contributed by atoms with E-state index in [0.717, 1.165) is 5.56 Å². The van der Waals surface area contributed by atoms with E-state index in [9.17, 15) is 9.59 Å². The Kier molecular flexibility index (Phi) is 5.97. The molecule has 0 unspecified atom stereocenters.